The number of imide groups is 1. The maximum absolute atomic E-state index is 15.1. The van der Waals surface area contributed by atoms with Gasteiger partial charge < -0.3 is 24.8 Å². The summed E-state index contributed by atoms with van der Waals surface area (Å²) in [6, 6.07) is 15.3. The molecule has 51 heavy (non-hydrogen) atoms. The van der Waals surface area contributed by atoms with Crippen LogP contribution < -0.4 is 20.3 Å². The molecule has 0 aromatic heterocycles. The molecule has 2 N–H and O–H groups in total. The average molecular weight is 713 g/mol. The highest BCUT2D eigenvalue weighted by Crippen LogP contribution is 2.34. The number of hydrogen-bond acceptors (Lipinski definition) is 9. The second kappa shape index (κ2) is 16.0. The van der Waals surface area contributed by atoms with Crippen LogP contribution in [0.2, 0.25) is 0 Å². The first-order valence-electron chi connectivity index (χ1n) is 17.2. The molecule has 0 saturated carbocycles. The minimum Gasteiger partial charge on any atom is -0.489 e. The summed E-state index contributed by atoms with van der Waals surface area (Å²) in [6.07, 6.45) is 1.15. The van der Waals surface area contributed by atoms with Gasteiger partial charge in [-0.1, -0.05) is 12.1 Å². The van der Waals surface area contributed by atoms with Crippen LogP contribution in [-0.4, -0.2) is 90.7 Å². The number of aryl methyl sites for hydroxylation is 2. The van der Waals surface area contributed by atoms with Crippen molar-refractivity contribution in [1.29, 1.82) is 5.26 Å². The molecule has 2 fully saturated rings. The van der Waals surface area contributed by atoms with E-state index < -0.39 is 17.8 Å². The Labute approximate surface area is 301 Å². The molecule has 2 saturated heterocycles. The molecular weight excluding hydrogens is 672 g/mol. The zero-order valence-electron chi connectivity index (χ0n) is 28.8. The third kappa shape index (κ3) is 7.87. The van der Waals surface area contributed by atoms with Crippen molar-refractivity contribution in [2.24, 2.45) is 0 Å². The highest BCUT2D eigenvalue weighted by molar-refractivity contribution is 7.99. The Morgan fingerprint density at radius 1 is 1.08 bits per heavy atom. The van der Waals surface area contributed by atoms with Crippen molar-refractivity contribution < 1.29 is 28.3 Å². The number of nitriles is 1. The van der Waals surface area contributed by atoms with Crippen LogP contribution in [0.1, 0.15) is 61.4 Å². The van der Waals surface area contributed by atoms with E-state index in [4.69, 9.17) is 4.74 Å². The first kappa shape index (κ1) is 35.9. The molecule has 0 spiro atoms. The van der Waals surface area contributed by atoms with Crippen LogP contribution in [-0.2, 0) is 29.2 Å². The van der Waals surface area contributed by atoms with Crippen LogP contribution in [0.15, 0.2) is 48.5 Å². The number of amides is 4. The van der Waals surface area contributed by atoms with Crippen LogP contribution in [0.25, 0.3) is 0 Å². The Kier molecular flexibility index (Phi) is 11.2. The quantitative estimate of drug-likeness (QED) is 0.213. The predicted molar refractivity (Wildman–Crippen MR) is 192 cm³/mol. The topological polar surface area (TPSA) is 135 Å². The highest BCUT2D eigenvalue weighted by Gasteiger charge is 2.40. The number of piperazine rings is 1. The van der Waals surface area contributed by atoms with E-state index in [1.54, 1.807) is 47.0 Å². The van der Waals surface area contributed by atoms with Gasteiger partial charge in [-0.25, -0.2) is 4.39 Å². The molecule has 3 aromatic rings. The molecule has 13 heteroatoms. The number of nitrogens with one attached hydrogen (secondary N) is 2. The lowest BCUT2D eigenvalue weighted by Gasteiger charge is -2.36. The molecule has 3 aliphatic heterocycles. The van der Waals surface area contributed by atoms with Gasteiger partial charge in [0.25, 0.3) is 11.8 Å². The van der Waals surface area contributed by atoms with Gasteiger partial charge >= 0.3 is 0 Å². The molecule has 3 aliphatic rings. The monoisotopic (exact) mass is 712 g/mol. The SMILES string of the molecule is CNCCSCCc1cc(N2CCN(C(=O)c3ccc(COc4cccc5c4CN([C@H]4CCC(=O)NC4=O)C5=O)c(C)c3)CC2)c(F)cc1C#N. The number of nitrogens with zero attached hydrogens (tertiary/aromatic N) is 4. The van der Waals surface area contributed by atoms with Crippen molar-refractivity contribution >= 4 is 41.1 Å². The van der Waals surface area contributed by atoms with Gasteiger partial charge in [0.2, 0.25) is 11.8 Å². The number of rotatable bonds is 12. The van der Waals surface area contributed by atoms with Crippen molar-refractivity contribution in [3.63, 3.8) is 0 Å². The number of fused-ring (bicyclic) bond motifs is 1. The Bertz CT molecular complexity index is 1890. The minimum absolute atomic E-state index is 0.0993. The zero-order valence-corrected chi connectivity index (χ0v) is 29.6. The smallest absolute Gasteiger partial charge is 0.255 e. The van der Waals surface area contributed by atoms with E-state index in [0.29, 0.717) is 66.3 Å². The third-order valence-corrected chi connectivity index (χ3v) is 10.7. The number of carbonyl (C=O) groups is 4. The first-order chi connectivity index (χ1) is 24.7. The van der Waals surface area contributed by atoms with Crippen LogP contribution in [0, 0.1) is 24.1 Å². The summed E-state index contributed by atoms with van der Waals surface area (Å²) in [5.41, 5.74) is 5.16. The lowest BCUT2D eigenvalue weighted by molar-refractivity contribution is -0.136. The van der Waals surface area contributed by atoms with Crippen molar-refractivity contribution in [2.75, 3.05) is 56.2 Å². The van der Waals surface area contributed by atoms with Crippen LogP contribution in [0.4, 0.5) is 10.1 Å². The Balaban J connectivity index is 1.05. The molecule has 0 radical (unpaired) electrons. The number of halogens is 1. The van der Waals surface area contributed by atoms with Crippen molar-refractivity contribution in [3.05, 3.63) is 93.3 Å². The summed E-state index contributed by atoms with van der Waals surface area (Å²) in [6.45, 7) is 5.07. The molecule has 1 atom stereocenters. The van der Waals surface area contributed by atoms with E-state index in [9.17, 15) is 24.4 Å². The van der Waals surface area contributed by atoms with Gasteiger partial charge in [-0.3, -0.25) is 24.5 Å². The van der Waals surface area contributed by atoms with Crippen molar-refractivity contribution in [1.82, 2.24) is 20.4 Å². The third-order valence-electron chi connectivity index (χ3n) is 9.72. The minimum atomic E-state index is -0.705. The number of hydrogen-bond donors (Lipinski definition) is 2. The molecule has 4 amide bonds. The summed E-state index contributed by atoms with van der Waals surface area (Å²) < 4.78 is 21.3. The van der Waals surface area contributed by atoms with Gasteiger partial charge in [0.05, 0.1) is 23.9 Å². The molecule has 11 nitrogen and oxygen atoms in total. The van der Waals surface area contributed by atoms with Crippen molar-refractivity contribution in [2.45, 2.75) is 45.4 Å². The van der Waals surface area contributed by atoms with E-state index in [1.165, 1.54) is 11.0 Å². The Morgan fingerprint density at radius 3 is 2.61 bits per heavy atom. The van der Waals surface area contributed by atoms with E-state index >= 15 is 4.39 Å². The molecular formula is C38H41FN6O5S. The standard InChI is InChI=1S/C38H41FN6O5S/c1-24-18-26(37(48)44-14-12-43(13-15-44)33-20-25(10-16-51-17-11-41-2)28(21-40)19-31(33)39)6-7-27(24)23-50-34-5-3-4-29-30(34)22-45(38(29)49)32-8-9-35(46)42-36(32)47/h3-7,18-20,32,41H,8-17,22-23H2,1-2H3,(H,42,46,47)/t32-/m0/s1. The van der Waals surface area contributed by atoms with E-state index in [0.717, 1.165) is 34.7 Å². The van der Waals surface area contributed by atoms with Gasteiger partial charge in [-0.05, 0) is 85.7 Å². The molecule has 266 valence electrons. The second-order valence-corrected chi connectivity index (χ2v) is 14.2. The summed E-state index contributed by atoms with van der Waals surface area (Å²) in [4.78, 5) is 56.0. The second-order valence-electron chi connectivity index (χ2n) is 12.9. The van der Waals surface area contributed by atoms with E-state index in [-0.39, 0.29) is 43.7 Å². The van der Waals surface area contributed by atoms with Crippen LogP contribution in [0.3, 0.4) is 0 Å². The van der Waals surface area contributed by atoms with Crippen LogP contribution in [0.5, 0.6) is 5.75 Å². The molecule has 3 aromatic carbocycles. The van der Waals surface area contributed by atoms with Gasteiger partial charge in [0.15, 0.2) is 0 Å². The number of piperidine rings is 1. The number of anilines is 1. The molecule has 0 aliphatic carbocycles. The lowest BCUT2D eigenvalue weighted by Crippen LogP contribution is -2.52. The molecule has 3 heterocycles. The fraction of sp³-hybridized carbons (Fsp3) is 0.395. The van der Waals surface area contributed by atoms with Gasteiger partial charge in [-0.2, -0.15) is 17.0 Å². The lowest BCUT2D eigenvalue weighted by atomic mass is 10.0. The number of thioether (sulfide) groups is 1. The summed E-state index contributed by atoms with van der Waals surface area (Å²) in [7, 11) is 1.91. The van der Waals surface area contributed by atoms with Crippen LogP contribution >= 0.6 is 11.8 Å². The Morgan fingerprint density at radius 2 is 1.88 bits per heavy atom. The maximum atomic E-state index is 15.1. The molecule has 0 bridgehead atoms. The predicted octanol–water partition coefficient (Wildman–Crippen LogP) is 3.80. The molecule has 6 rings (SSSR count). The maximum Gasteiger partial charge on any atom is 0.255 e. The van der Waals surface area contributed by atoms with Gasteiger partial charge in [0, 0.05) is 61.6 Å². The summed E-state index contributed by atoms with van der Waals surface area (Å²) in [5.74, 6) is 0.770. The average Bonchev–Trinajstić information content (AvgIpc) is 3.47. The summed E-state index contributed by atoms with van der Waals surface area (Å²) in [5, 5.41) is 15.0. The number of ether oxygens (including phenoxy) is 1. The van der Waals surface area contributed by atoms with Gasteiger partial charge in [0.1, 0.15) is 24.2 Å². The van der Waals surface area contributed by atoms with Crippen molar-refractivity contribution in [3.8, 4) is 11.8 Å². The highest BCUT2D eigenvalue weighted by atomic mass is 32.2. The van der Waals surface area contributed by atoms with Gasteiger partial charge in [-0.15, -0.1) is 0 Å². The largest absolute Gasteiger partial charge is 0.489 e. The fourth-order valence-electron chi connectivity index (χ4n) is 6.79. The first-order valence-corrected chi connectivity index (χ1v) is 18.3. The zero-order chi connectivity index (χ0) is 36.1. The summed E-state index contributed by atoms with van der Waals surface area (Å²) >= 11 is 1.79. The van der Waals surface area contributed by atoms with E-state index in [1.807, 2.05) is 31.0 Å². The number of carbonyl (C=O) groups excluding carboxylic acids is 4. The number of benzene rings is 3. The fourth-order valence-corrected chi connectivity index (χ4v) is 7.71. The normalized spacial score (nSPS) is 17.3. The van der Waals surface area contributed by atoms with E-state index in [2.05, 4.69) is 16.7 Å². The molecule has 0 unspecified atom stereocenters. The Hall–Kier alpha value is -4.93.